The van der Waals surface area contributed by atoms with Crippen molar-refractivity contribution in [1.82, 2.24) is 36.8 Å². The molecule has 0 aromatic rings. The number of nitrogens with one attached hydrogen (secondary N) is 6. The van der Waals surface area contributed by atoms with Crippen LogP contribution in [0.4, 0.5) is 0 Å². The summed E-state index contributed by atoms with van der Waals surface area (Å²) >= 11 is 0. The van der Waals surface area contributed by atoms with Crippen molar-refractivity contribution in [3.05, 3.63) is 0 Å². The molecule has 1 rings (SSSR count). The molecular weight excluding hydrogens is 772 g/mol. The fourth-order valence-electron chi connectivity index (χ4n) is 5.56. The summed E-state index contributed by atoms with van der Waals surface area (Å²) in [6.07, 6.45) is -1.10. The number of aliphatic hydroxyl groups is 3. The maximum absolute atomic E-state index is 13.5. The van der Waals surface area contributed by atoms with Crippen molar-refractivity contribution in [2.24, 2.45) is 33.8 Å². The molecule has 1 saturated heterocycles. The smallest absolute Gasteiger partial charge is 0.328 e. The molecule has 0 radical (unpaired) electrons. The molecule has 1 aliphatic heterocycles. The van der Waals surface area contributed by atoms with Crippen molar-refractivity contribution in [3.63, 3.8) is 0 Å². The number of guanidine groups is 1. The minimum absolute atomic E-state index is 0.0316. The van der Waals surface area contributed by atoms with E-state index in [1.165, 1.54) is 0 Å². The molecule has 8 amide bonds. The number of likely N-dealkylation sites (tertiary alicyclic amines) is 1. The molecule has 1 heterocycles. The summed E-state index contributed by atoms with van der Waals surface area (Å²) in [5.41, 5.74) is 21.9. The number of aliphatic hydroxyl groups excluding tert-OH is 3. The number of carbonyl (C=O) groups is 9. The third-order valence-electron chi connectivity index (χ3n) is 9.12. The van der Waals surface area contributed by atoms with Crippen LogP contribution in [0.15, 0.2) is 4.99 Å². The molecule has 0 bridgehead atoms. The largest absolute Gasteiger partial charge is 0.480 e. The lowest BCUT2D eigenvalue weighted by Crippen LogP contribution is -2.60. The van der Waals surface area contributed by atoms with Gasteiger partial charge in [-0.3, -0.25) is 43.3 Å². The average molecular weight is 831 g/mol. The van der Waals surface area contributed by atoms with Crippen LogP contribution in [0.25, 0.3) is 0 Å². The van der Waals surface area contributed by atoms with E-state index in [9.17, 15) is 63.6 Å². The number of nitrogens with two attached hydrogens (primary N) is 4. The van der Waals surface area contributed by atoms with Gasteiger partial charge in [0.05, 0.1) is 38.3 Å². The molecule has 58 heavy (non-hydrogen) atoms. The summed E-state index contributed by atoms with van der Waals surface area (Å²) in [6, 6.07) is -10.2. The van der Waals surface area contributed by atoms with E-state index in [0.29, 0.717) is 12.8 Å². The summed E-state index contributed by atoms with van der Waals surface area (Å²) in [5, 5.41) is 52.2. The molecule has 9 atom stereocenters. The van der Waals surface area contributed by atoms with Gasteiger partial charge in [-0.15, -0.1) is 0 Å². The van der Waals surface area contributed by atoms with Crippen LogP contribution >= 0.6 is 0 Å². The Balaban J connectivity index is 2.95. The third kappa shape index (κ3) is 16.4. The third-order valence-corrected chi connectivity index (χ3v) is 9.12. The summed E-state index contributed by atoms with van der Waals surface area (Å²) in [6.45, 7) is 1.90. The Bertz CT molecular complexity index is 1510. The lowest BCUT2D eigenvalue weighted by molar-refractivity contribution is -0.145. The van der Waals surface area contributed by atoms with Crippen LogP contribution in [0.5, 0.6) is 0 Å². The molecule has 25 nitrogen and oxygen atoms in total. The number of nitrogens with zero attached hydrogens (tertiary/aromatic N) is 2. The molecule has 328 valence electrons. The number of carboxylic acids is 1. The number of primary amides is 1. The van der Waals surface area contributed by atoms with E-state index in [2.05, 4.69) is 36.9 Å². The zero-order valence-corrected chi connectivity index (χ0v) is 32.6. The molecular formula is C33H58N12O13. The lowest BCUT2D eigenvalue weighted by atomic mass is 9.99. The van der Waals surface area contributed by atoms with Gasteiger partial charge in [0.1, 0.15) is 30.2 Å². The van der Waals surface area contributed by atoms with Crippen LogP contribution in [-0.2, 0) is 43.2 Å². The maximum Gasteiger partial charge on any atom is 0.328 e. The second-order valence-electron chi connectivity index (χ2n) is 13.7. The van der Waals surface area contributed by atoms with Crippen molar-refractivity contribution in [1.29, 1.82) is 0 Å². The Morgan fingerprint density at radius 3 is 1.93 bits per heavy atom. The molecule has 25 heteroatoms. The second kappa shape index (κ2) is 24.9. The van der Waals surface area contributed by atoms with Crippen LogP contribution in [0.2, 0.25) is 0 Å². The topological polar surface area (TPSA) is 426 Å². The zero-order chi connectivity index (χ0) is 44.3. The molecule has 0 aromatic carbocycles. The van der Waals surface area contributed by atoms with Crippen LogP contribution in [0.1, 0.15) is 59.3 Å². The van der Waals surface area contributed by atoms with E-state index >= 15 is 0 Å². The quantitative estimate of drug-likeness (QED) is 0.0231. The van der Waals surface area contributed by atoms with Crippen LogP contribution in [-0.4, -0.2) is 166 Å². The summed E-state index contributed by atoms with van der Waals surface area (Å²) in [4.78, 5) is 119. The van der Waals surface area contributed by atoms with Gasteiger partial charge in [-0.25, -0.2) is 4.79 Å². The van der Waals surface area contributed by atoms with E-state index in [4.69, 9.17) is 22.9 Å². The zero-order valence-electron chi connectivity index (χ0n) is 32.6. The maximum atomic E-state index is 13.5. The fraction of sp³-hybridized carbons (Fsp3) is 0.697. The van der Waals surface area contributed by atoms with Gasteiger partial charge in [-0.2, -0.15) is 0 Å². The standard InChI is InChI=1S/C33H58N12O13/c1-4-15(2)24(35)30(55)41-18(11-22(34)49)31(56)45-10-6-8-21(45)29(54)43-20(14-47)28(53)42-19(13-46)26(51)39-12-23(50)40-17(7-5-9-38-33(36)37)27(52)44-25(16(3)48)32(57)58/h15-21,24-25,46-48H,4-14,35H2,1-3H3,(H2,34,49)(H,39,51)(H,40,50)(H,41,55)(H,42,53)(H,43,54)(H,44,52)(H,57,58)(H4,36,37,38)/t15-,16+,17-,18-,19-,20-,21-,24-,25-/m0/s1. The second-order valence-corrected chi connectivity index (χ2v) is 13.7. The molecule has 0 spiro atoms. The van der Waals surface area contributed by atoms with Gasteiger partial charge >= 0.3 is 5.97 Å². The average Bonchev–Trinajstić information content (AvgIpc) is 3.66. The Labute approximate surface area is 333 Å². The minimum Gasteiger partial charge on any atom is -0.480 e. The van der Waals surface area contributed by atoms with Crippen molar-refractivity contribution in [3.8, 4) is 0 Å². The number of carbonyl (C=O) groups excluding carboxylic acids is 8. The Kier molecular flexibility index (Phi) is 21.6. The van der Waals surface area contributed by atoms with Crippen LogP contribution < -0.4 is 54.8 Å². The van der Waals surface area contributed by atoms with Gasteiger partial charge in [-0.05, 0) is 38.5 Å². The van der Waals surface area contributed by atoms with E-state index in [0.717, 1.165) is 11.8 Å². The predicted octanol–water partition coefficient (Wildman–Crippen LogP) is -7.73. The molecule has 0 aliphatic carbocycles. The van der Waals surface area contributed by atoms with Crippen LogP contribution in [0, 0.1) is 5.92 Å². The number of carboxylic acid groups (broad SMARTS) is 1. The summed E-state index contributed by atoms with van der Waals surface area (Å²) in [7, 11) is 0. The SMILES string of the molecule is CC[C@H](C)[C@H](N)C(=O)N[C@@H](CC(N)=O)C(=O)N1CCC[C@H]1C(=O)N[C@@H](CO)C(=O)N[C@@H](CO)C(=O)NCC(=O)N[C@@H](CCCN=C(N)N)C(=O)N[C@H](C(=O)O)[C@@H](C)O. The summed E-state index contributed by atoms with van der Waals surface area (Å²) in [5.74, 6) is -9.58. The first-order valence-corrected chi connectivity index (χ1v) is 18.5. The number of hydrogen-bond donors (Lipinski definition) is 14. The highest BCUT2D eigenvalue weighted by Crippen LogP contribution is 2.20. The molecule has 1 fully saturated rings. The lowest BCUT2D eigenvalue weighted by Gasteiger charge is -2.30. The van der Waals surface area contributed by atoms with E-state index in [1.807, 2.05) is 6.92 Å². The first-order chi connectivity index (χ1) is 27.2. The number of hydrogen-bond acceptors (Lipinski definition) is 14. The van der Waals surface area contributed by atoms with E-state index < -0.39 is 128 Å². The van der Waals surface area contributed by atoms with Crippen LogP contribution in [0.3, 0.4) is 0 Å². The van der Waals surface area contributed by atoms with Crippen molar-refractivity contribution in [2.45, 2.75) is 108 Å². The predicted molar refractivity (Wildman–Crippen MR) is 202 cm³/mol. The van der Waals surface area contributed by atoms with E-state index in [-0.39, 0.29) is 44.2 Å². The molecule has 0 aromatic heterocycles. The number of amides is 8. The molecule has 0 saturated carbocycles. The fourth-order valence-corrected chi connectivity index (χ4v) is 5.56. The van der Waals surface area contributed by atoms with Gasteiger partial charge in [0, 0.05) is 13.1 Å². The minimum atomic E-state index is -1.73. The Morgan fingerprint density at radius 2 is 1.40 bits per heavy atom. The highest BCUT2D eigenvalue weighted by atomic mass is 16.4. The highest BCUT2D eigenvalue weighted by molar-refractivity contribution is 5.98. The van der Waals surface area contributed by atoms with Gasteiger partial charge in [-0.1, -0.05) is 20.3 Å². The van der Waals surface area contributed by atoms with Crippen molar-refractivity contribution in [2.75, 3.05) is 32.8 Å². The van der Waals surface area contributed by atoms with Crippen molar-refractivity contribution < 1.29 is 63.6 Å². The Hall–Kier alpha value is -5.66. The number of rotatable bonds is 25. The number of aliphatic imine (C=N–C) groups is 1. The van der Waals surface area contributed by atoms with E-state index in [1.54, 1.807) is 6.92 Å². The first kappa shape index (κ1) is 50.4. The monoisotopic (exact) mass is 830 g/mol. The summed E-state index contributed by atoms with van der Waals surface area (Å²) < 4.78 is 0. The highest BCUT2D eigenvalue weighted by Gasteiger charge is 2.40. The Morgan fingerprint density at radius 1 is 0.810 bits per heavy atom. The first-order valence-electron chi connectivity index (χ1n) is 18.5. The molecule has 0 unspecified atom stereocenters. The molecule has 18 N–H and O–H groups in total. The molecule has 1 aliphatic rings. The van der Waals surface area contributed by atoms with Gasteiger partial charge in [0.15, 0.2) is 12.0 Å². The number of aliphatic carboxylic acids is 1. The van der Waals surface area contributed by atoms with Gasteiger partial charge in [0.25, 0.3) is 0 Å². The van der Waals surface area contributed by atoms with Crippen molar-refractivity contribution >= 4 is 59.2 Å². The van der Waals surface area contributed by atoms with Gasteiger partial charge in [0.2, 0.25) is 47.3 Å². The normalized spacial score (nSPS) is 17.7. The van der Waals surface area contributed by atoms with Gasteiger partial charge < -0.3 is 80.2 Å².